The maximum Gasteiger partial charge on any atom is 0.170 e. The third kappa shape index (κ3) is 2.51. The molecule has 0 N–H and O–H groups in total. The van der Waals surface area contributed by atoms with Crippen molar-refractivity contribution in [3.8, 4) is 11.5 Å². The number of Topliss-reactive ketones (excluding diaryl/α,β-unsaturated/α-hetero) is 1. The van der Waals surface area contributed by atoms with Gasteiger partial charge in [0.1, 0.15) is 10.8 Å². The number of carbonyl (C=O) groups is 1. The highest BCUT2D eigenvalue weighted by atomic mass is 35.5. The van der Waals surface area contributed by atoms with Gasteiger partial charge >= 0.3 is 0 Å². The molecular weight excluding hydrogens is 276 g/mol. The van der Waals surface area contributed by atoms with E-state index >= 15 is 0 Å². The SMILES string of the molecule is COc1ccc(C(=O)C2CCCC2(C)C)c(OC)c1Cl. The first-order valence-corrected chi connectivity index (χ1v) is 7.25. The number of ketones is 1. The molecule has 0 amide bonds. The maximum absolute atomic E-state index is 12.8. The molecule has 0 bridgehead atoms. The van der Waals surface area contributed by atoms with Crippen LogP contribution in [0.25, 0.3) is 0 Å². The van der Waals surface area contributed by atoms with Crippen LogP contribution in [-0.2, 0) is 0 Å². The van der Waals surface area contributed by atoms with Crippen molar-refractivity contribution >= 4 is 17.4 Å². The van der Waals surface area contributed by atoms with Gasteiger partial charge in [0.2, 0.25) is 0 Å². The van der Waals surface area contributed by atoms with E-state index in [1.807, 2.05) is 0 Å². The van der Waals surface area contributed by atoms with Gasteiger partial charge in [0.15, 0.2) is 11.5 Å². The molecule has 1 saturated carbocycles. The minimum absolute atomic E-state index is 0.0286. The third-order valence-electron chi connectivity index (χ3n) is 4.32. The van der Waals surface area contributed by atoms with Gasteiger partial charge in [-0.1, -0.05) is 31.9 Å². The number of halogens is 1. The largest absolute Gasteiger partial charge is 0.495 e. The van der Waals surface area contributed by atoms with Crippen molar-refractivity contribution < 1.29 is 14.3 Å². The summed E-state index contributed by atoms with van der Waals surface area (Å²) >= 11 is 6.23. The Bertz CT molecular complexity index is 523. The topological polar surface area (TPSA) is 35.5 Å². The maximum atomic E-state index is 12.8. The van der Waals surface area contributed by atoms with E-state index in [-0.39, 0.29) is 17.1 Å². The van der Waals surface area contributed by atoms with Crippen LogP contribution in [0.15, 0.2) is 12.1 Å². The van der Waals surface area contributed by atoms with Gasteiger partial charge in [0.05, 0.1) is 19.8 Å². The van der Waals surface area contributed by atoms with E-state index in [2.05, 4.69) is 13.8 Å². The normalized spacial score (nSPS) is 20.8. The number of methoxy groups -OCH3 is 2. The van der Waals surface area contributed by atoms with Crippen molar-refractivity contribution in [1.82, 2.24) is 0 Å². The molecule has 1 atom stereocenters. The lowest BCUT2D eigenvalue weighted by molar-refractivity contribution is 0.0836. The molecular formula is C16H21ClO3. The van der Waals surface area contributed by atoms with Crippen LogP contribution in [0.4, 0.5) is 0 Å². The summed E-state index contributed by atoms with van der Waals surface area (Å²) in [6.45, 7) is 4.31. The number of benzene rings is 1. The lowest BCUT2D eigenvalue weighted by atomic mass is 9.77. The van der Waals surface area contributed by atoms with E-state index in [1.54, 1.807) is 19.2 Å². The first kappa shape index (κ1) is 15.2. The van der Waals surface area contributed by atoms with Crippen molar-refractivity contribution in [2.45, 2.75) is 33.1 Å². The molecule has 0 aliphatic heterocycles. The molecule has 0 heterocycles. The van der Waals surface area contributed by atoms with Crippen molar-refractivity contribution in [3.63, 3.8) is 0 Å². The van der Waals surface area contributed by atoms with E-state index in [1.165, 1.54) is 7.11 Å². The van der Waals surface area contributed by atoms with Gasteiger partial charge in [-0.2, -0.15) is 0 Å². The summed E-state index contributed by atoms with van der Waals surface area (Å²) in [6.07, 6.45) is 3.10. The number of carbonyl (C=O) groups excluding carboxylic acids is 1. The van der Waals surface area contributed by atoms with Crippen LogP contribution in [0.1, 0.15) is 43.5 Å². The summed E-state index contributed by atoms with van der Waals surface area (Å²) < 4.78 is 10.5. The predicted octanol–water partition coefficient (Wildman–Crippen LogP) is 4.37. The minimum Gasteiger partial charge on any atom is -0.495 e. The molecule has 0 saturated heterocycles. The van der Waals surface area contributed by atoms with Crippen LogP contribution < -0.4 is 9.47 Å². The molecule has 1 aromatic rings. The number of ether oxygens (including phenoxy) is 2. The van der Waals surface area contributed by atoms with Gasteiger partial charge in [-0.3, -0.25) is 4.79 Å². The summed E-state index contributed by atoms with van der Waals surface area (Å²) in [4.78, 5) is 12.8. The molecule has 110 valence electrons. The molecule has 3 nitrogen and oxygen atoms in total. The highest BCUT2D eigenvalue weighted by molar-refractivity contribution is 6.34. The number of rotatable bonds is 4. The third-order valence-corrected chi connectivity index (χ3v) is 4.68. The lowest BCUT2D eigenvalue weighted by Gasteiger charge is -2.26. The van der Waals surface area contributed by atoms with E-state index < -0.39 is 0 Å². The Balaban J connectivity index is 2.42. The first-order chi connectivity index (χ1) is 9.42. The fourth-order valence-electron chi connectivity index (χ4n) is 3.09. The Hall–Kier alpha value is -1.22. The van der Waals surface area contributed by atoms with Gasteiger partial charge in [0, 0.05) is 5.92 Å². The van der Waals surface area contributed by atoms with Gasteiger partial charge < -0.3 is 9.47 Å². The fourth-order valence-corrected chi connectivity index (χ4v) is 3.41. The molecule has 1 unspecified atom stereocenters. The molecule has 4 heteroatoms. The Morgan fingerprint density at radius 3 is 2.50 bits per heavy atom. The van der Waals surface area contributed by atoms with Crippen molar-refractivity contribution in [2.24, 2.45) is 11.3 Å². The van der Waals surface area contributed by atoms with E-state index in [9.17, 15) is 4.79 Å². The lowest BCUT2D eigenvalue weighted by Crippen LogP contribution is -2.26. The number of hydrogen-bond acceptors (Lipinski definition) is 3. The molecule has 1 aromatic carbocycles. The van der Waals surface area contributed by atoms with Gasteiger partial charge in [-0.25, -0.2) is 0 Å². The summed E-state index contributed by atoms with van der Waals surface area (Å²) in [5.74, 6) is 1.08. The van der Waals surface area contributed by atoms with E-state index in [0.717, 1.165) is 19.3 Å². The average Bonchev–Trinajstić information content (AvgIpc) is 2.77. The Labute approximate surface area is 125 Å². The van der Waals surface area contributed by atoms with Gasteiger partial charge in [-0.15, -0.1) is 0 Å². The van der Waals surface area contributed by atoms with Gasteiger partial charge in [0.25, 0.3) is 0 Å². The molecule has 0 spiro atoms. The standard InChI is InChI=1S/C16H21ClO3/c1-16(2)9-5-6-11(16)14(18)10-7-8-12(19-3)13(17)15(10)20-4/h7-8,11H,5-6,9H2,1-4H3. The summed E-state index contributed by atoms with van der Waals surface area (Å²) in [5, 5.41) is 0.358. The quantitative estimate of drug-likeness (QED) is 0.774. The second kappa shape index (κ2) is 5.65. The molecule has 0 radical (unpaired) electrons. The van der Waals surface area contributed by atoms with E-state index in [0.29, 0.717) is 22.1 Å². The van der Waals surface area contributed by atoms with Crippen molar-refractivity contribution in [2.75, 3.05) is 14.2 Å². The number of hydrogen-bond donors (Lipinski definition) is 0. The van der Waals surface area contributed by atoms with Crippen LogP contribution in [-0.4, -0.2) is 20.0 Å². The molecule has 1 aliphatic carbocycles. The first-order valence-electron chi connectivity index (χ1n) is 6.87. The molecule has 1 aliphatic rings. The Kier molecular flexibility index (Phi) is 4.28. The second-order valence-corrected chi connectivity index (χ2v) is 6.34. The average molecular weight is 297 g/mol. The van der Waals surface area contributed by atoms with Crippen LogP contribution in [0, 0.1) is 11.3 Å². The molecule has 20 heavy (non-hydrogen) atoms. The summed E-state index contributed by atoms with van der Waals surface area (Å²) in [5.41, 5.74) is 0.590. The zero-order chi connectivity index (χ0) is 14.9. The zero-order valence-electron chi connectivity index (χ0n) is 12.5. The predicted molar refractivity (Wildman–Crippen MR) is 80.0 cm³/mol. The van der Waals surface area contributed by atoms with E-state index in [4.69, 9.17) is 21.1 Å². The van der Waals surface area contributed by atoms with Crippen LogP contribution in [0.2, 0.25) is 5.02 Å². The summed E-state index contributed by atoms with van der Waals surface area (Å²) in [6, 6.07) is 3.47. The fraction of sp³-hybridized carbons (Fsp3) is 0.562. The van der Waals surface area contributed by atoms with Crippen LogP contribution >= 0.6 is 11.6 Å². The second-order valence-electron chi connectivity index (χ2n) is 5.96. The molecule has 2 rings (SSSR count). The minimum atomic E-state index is 0.0286. The van der Waals surface area contributed by atoms with Crippen molar-refractivity contribution in [1.29, 1.82) is 0 Å². The van der Waals surface area contributed by atoms with Crippen molar-refractivity contribution in [3.05, 3.63) is 22.7 Å². The summed E-state index contributed by atoms with van der Waals surface area (Å²) in [7, 11) is 3.07. The van der Waals surface area contributed by atoms with Crippen LogP contribution in [0.3, 0.4) is 0 Å². The van der Waals surface area contributed by atoms with Crippen LogP contribution in [0.5, 0.6) is 11.5 Å². The highest BCUT2D eigenvalue weighted by Crippen LogP contribution is 2.46. The smallest absolute Gasteiger partial charge is 0.170 e. The Morgan fingerprint density at radius 2 is 2.00 bits per heavy atom. The molecule has 0 aromatic heterocycles. The Morgan fingerprint density at radius 1 is 1.30 bits per heavy atom. The van der Waals surface area contributed by atoms with Gasteiger partial charge in [-0.05, 0) is 30.4 Å². The monoisotopic (exact) mass is 296 g/mol. The highest BCUT2D eigenvalue weighted by Gasteiger charge is 2.40. The molecule has 1 fully saturated rings. The zero-order valence-corrected chi connectivity index (χ0v) is 13.2.